The molecule has 0 radical (unpaired) electrons. The number of hydrogen-bond donors (Lipinski definition) is 0. The molecule has 182 valence electrons. The summed E-state index contributed by atoms with van der Waals surface area (Å²) in [6.07, 6.45) is 2.38. The number of fused-ring (bicyclic) bond motifs is 3. The summed E-state index contributed by atoms with van der Waals surface area (Å²) >= 11 is 0. The monoisotopic (exact) mass is 489 g/mol. The van der Waals surface area contributed by atoms with Crippen LogP contribution < -0.4 is 0 Å². The summed E-state index contributed by atoms with van der Waals surface area (Å²) < 4.78 is 40.8. The fraction of sp³-hybridized carbons (Fsp3) is 0.379. The van der Waals surface area contributed by atoms with E-state index >= 15 is 0 Å². The topological polar surface area (TPSA) is 55.8 Å². The van der Waals surface area contributed by atoms with Gasteiger partial charge in [0.1, 0.15) is 0 Å². The van der Waals surface area contributed by atoms with E-state index in [0.29, 0.717) is 50.3 Å². The molecule has 0 N–H and O–H groups in total. The lowest BCUT2D eigenvalue weighted by Gasteiger charge is -2.46. The lowest BCUT2D eigenvalue weighted by molar-refractivity contribution is -0.220. The lowest BCUT2D eigenvalue weighted by Crippen LogP contribution is -2.58. The Kier molecular flexibility index (Phi) is 5.80. The maximum atomic E-state index is 14.6. The highest BCUT2D eigenvalue weighted by molar-refractivity contribution is 7.93. The van der Waals surface area contributed by atoms with Gasteiger partial charge >= 0.3 is 0 Å². The first kappa shape index (κ1) is 22.9. The first-order valence-electron chi connectivity index (χ1n) is 12.5. The average Bonchev–Trinajstić information content (AvgIpc) is 3.44. The summed E-state index contributed by atoms with van der Waals surface area (Å²) in [6.45, 7) is 1.78. The van der Waals surface area contributed by atoms with E-state index in [4.69, 9.17) is 9.47 Å². The molecular formula is C29H31NO4S. The molecule has 3 aromatic carbocycles. The number of ether oxygens (including phenoxy) is 2. The minimum Gasteiger partial charge on any atom is -0.346 e. The van der Waals surface area contributed by atoms with Crippen molar-refractivity contribution in [1.82, 2.24) is 4.90 Å². The first-order chi connectivity index (χ1) is 17.0. The molecule has 0 aliphatic carbocycles. The predicted octanol–water partition coefficient (Wildman–Crippen LogP) is 4.62. The van der Waals surface area contributed by atoms with Gasteiger partial charge < -0.3 is 9.47 Å². The van der Waals surface area contributed by atoms with Crippen LogP contribution in [0.25, 0.3) is 0 Å². The number of piperidine rings is 1. The molecule has 3 atom stereocenters. The molecule has 0 saturated carbocycles. The Hall–Kier alpha value is -2.51. The van der Waals surface area contributed by atoms with Gasteiger partial charge in [0.05, 0.1) is 28.9 Å². The molecule has 0 amide bonds. The minimum atomic E-state index is -3.68. The molecule has 3 aromatic rings. The number of nitrogens with zero attached hydrogens (tertiary/aromatic N) is 1. The van der Waals surface area contributed by atoms with Crippen LogP contribution in [0.2, 0.25) is 0 Å². The normalized spacial score (nSPS) is 27.9. The van der Waals surface area contributed by atoms with Crippen LogP contribution in [-0.4, -0.2) is 49.1 Å². The SMILES string of the molecule is O=S(=O)(c1ccccc1)C1(Cc2ccccc2)C[C@H]2N(Cc3ccccc3)[C@@H]1CCC21OCCO1. The van der Waals surface area contributed by atoms with Gasteiger partial charge in [0, 0.05) is 19.0 Å². The molecule has 0 aromatic heterocycles. The molecule has 3 saturated heterocycles. The minimum absolute atomic E-state index is 0.133. The summed E-state index contributed by atoms with van der Waals surface area (Å²) in [6, 6.07) is 29.1. The number of benzene rings is 3. The molecule has 3 heterocycles. The summed E-state index contributed by atoms with van der Waals surface area (Å²) in [5.41, 5.74) is 2.21. The van der Waals surface area contributed by atoms with Crippen LogP contribution in [0, 0.1) is 0 Å². The van der Waals surface area contributed by atoms with Crippen molar-refractivity contribution in [1.29, 1.82) is 0 Å². The average molecular weight is 490 g/mol. The van der Waals surface area contributed by atoms with Crippen LogP contribution in [0.5, 0.6) is 0 Å². The molecule has 3 aliphatic rings. The third-order valence-electron chi connectivity index (χ3n) is 8.14. The summed E-state index contributed by atoms with van der Waals surface area (Å²) in [5, 5.41) is 0. The molecule has 6 rings (SSSR count). The van der Waals surface area contributed by atoms with Crippen molar-refractivity contribution in [2.24, 2.45) is 0 Å². The highest BCUT2D eigenvalue weighted by Crippen LogP contribution is 2.55. The zero-order valence-corrected chi connectivity index (χ0v) is 20.6. The molecule has 35 heavy (non-hydrogen) atoms. The number of hydrogen-bond acceptors (Lipinski definition) is 5. The quantitative estimate of drug-likeness (QED) is 0.506. The second-order valence-corrected chi connectivity index (χ2v) is 12.3. The Morgan fingerprint density at radius 3 is 1.97 bits per heavy atom. The van der Waals surface area contributed by atoms with Crippen molar-refractivity contribution >= 4 is 9.84 Å². The van der Waals surface area contributed by atoms with Gasteiger partial charge in [-0.2, -0.15) is 0 Å². The van der Waals surface area contributed by atoms with Crippen LogP contribution in [0.15, 0.2) is 95.9 Å². The van der Waals surface area contributed by atoms with Gasteiger partial charge in [0.25, 0.3) is 0 Å². The number of sulfone groups is 1. The first-order valence-corrected chi connectivity index (χ1v) is 13.9. The Labute approximate surface area is 207 Å². The van der Waals surface area contributed by atoms with Crippen molar-refractivity contribution in [2.75, 3.05) is 13.2 Å². The smallest absolute Gasteiger partial charge is 0.186 e. The fourth-order valence-electron chi connectivity index (χ4n) is 6.61. The zero-order valence-electron chi connectivity index (χ0n) is 19.8. The van der Waals surface area contributed by atoms with Gasteiger partial charge in [0.2, 0.25) is 0 Å². The van der Waals surface area contributed by atoms with Crippen molar-refractivity contribution in [2.45, 2.75) is 59.7 Å². The zero-order chi connectivity index (χ0) is 23.9. The van der Waals surface area contributed by atoms with Crippen LogP contribution >= 0.6 is 0 Å². The van der Waals surface area contributed by atoms with Crippen molar-refractivity contribution in [3.8, 4) is 0 Å². The van der Waals surface area contributed by atoms with Crippen LogP contribution in [0.4, 0.5) is 0 Å². The Morgan fingerprint density at radius 2 is 1.34 bits per heavy atom. The Balaban J connectivity index is 1.50. The standard InChI is InChI=1S/C29H31NO4S/c31-35(32,25-14-8-3-9-15-25)28(20-23-10-4-1-5-11-23)21-27-29(33-18-19-34-29)17-16-26(28)30(27)22-24-12-6-2-7-13-24/h1-15,26-27H,16-22H2/t26-,27-,28?/m1/s1. The Bertz CT molecular complexity index is 1260. The van der Waals surface area contributed by atoms with Crippen LogP contribution in [0.3, 0.4) is 0 Å². The van der Waals surface area contributed by atoms with Gasteiger partial charge in [-0.3, -0.25) is 4.90 Å². The van der Waals surface area contributed by atoms with Crippen LogP contribution in [-0.2, 0) is 32.3 Å². The molecular weight excluding hydrogens is 458 g/mol. The second-order valence-electron chi connectivity index (χ2n) is 9.98. The van der Waals surface area contributed by atoms with E-state index in [1.807, 2.05) is 66.7 Å². The summed E-state index contributed by atoms with van der Waals surface area (Å²) in [5.74, 6) is -0.740. The highest BCUT2D eigenvalue weighted by atomic mass is 32.2. The molecule has 3 aliphatic heterocycles. The van der Waals surface area contributed by atoms with Gasteiger partial charge in [-0.25, -0.2) is 8.42 Å². The van der Waals surface area contributed by atoms with Crippen LogP contribution in [0.1, 0.15) is 30.4 Å². The van der Waals surface area contributed by atoms with E-state index in [0.717, 1.165) is 5.56 Å². The molecule has 6 heteroatoms. The third kappa shape index (κ3) is 3.75. The van der Waals surface area contributed by atoms with Crippen molar-refractivity contribution < 1.29 is 17.9 Å². The molecule has 1 spiro atoms. The predicted molar refractivity (Wildman–Crippen MR) is 135 cm³/mol. The summed E-state index contributed by atoms with van der Waals surface area (Å²) in [7, 11) is -3.68. The van der Waals surface area contributed by atoms with Gasteiger partial charge in [0.15, 0.2) is 15.6 Å². The molecule has 1 unspecified atom stereocenters. The van der Waals surface area contributed by atoms with E-state index in [-0.39, 0.29) is 12.1 Å². The molecule has 2 bridgehead atoms. The largest absolute Gasteiger partial charge is 0.346 e. The lowest BCUT2D eigenvalue weighted by atomic mass is 9.89. The maximum absolute atomic E-state index is 14.6. The Morgan fingerprint density at radius 1 is 0.771 bits per heavy atom. The number of rotatable bonds is 6. The van der Waals surface area contributed by atoms with Crippen molar-refractivity contribution in [3.05, 3.63) is 102 Å². The second kappa shape index (κ2) is 8.86. The molecule has 3 fully saturated rings. The summed E-state index contributed by atoms with van der Waals surface area (Å²) in [4.78, 5) is 2.78. The van der Waals surface area contributed by atoms with E-state index in [2.05, 4.69) is 17.0 Å². The third-order valence-corrected chi connectivity index (χ3v) is 10.7. The van der Waals surface area contributed by atoms with Gasteiger partial charge in [-0.15, -0.1) is 0 Å². The van der Waals surface area contributed by atoms with E-state index in [1.165, 1.54) is 5.56 Å². The fourth-order valence-corrected chi connectivity index (χ4v) is 8.94. The maximum Gasteiger partial charge on any atom is 0.186 e. The highest BCUT2D eigenvalue weighted by Gasteiger charge is 2.67. The van der Waals surface area contributed by atoms with Gasteiger partial charge in [-0.1, -0.05) is 78.9 Å². The molecule has 5 nitrogen and oxygen atoms in total. The van der Waals surface area contributed by atoms with E-state index in [9.17, 15) is 8.42 Å². The van der Waals surface area contributed by atoms with Gasteiger partial charge in [-0.05, 0) is 42.5 Å². The van der Waals surface area contributed by atoms with Crippen molar-refractivity contribution in [3.63, 3.8) is 0 Å². The van der Waals surface area contributed by atoms with E-state index in [1.54, 1.807) is 12.1 Å². The van der Waals surface area contributed by atoms with E-state index < -0.39 is 20.4 Å².